The second kappa shape index (κ2) is 6.40. The van der Waals surface area contributed by atoms with Crippen LogP contribution in [0.1, 0.15) is 10.4 Å². The molecule has 5 heteroatoms. The van der Waals surface area contributed by atoms with Crippen LogP contribution in [0.2, 0.25) is 0 Å². The third-order valence-electron chi connectivity index (χ3n) is 0.907. The van der Waals surface area contributed by atoms with Crippen molar-refractivity contribution < 1.29 is 4.79 Å². The van der Waals surface area contributed by atoms with E-state index in [0.717, 1.165) is 0 Å². The summed E-state index contributed by atoms with van der Waals surface area (Å²) in [5.74, 6) is 0. The molecular weight excluding hydrogens is 208 g/mol. The summed E-state index contributed by atoms with van der Waals surface area (Å²) in [6.45, 7) is 0. The molecule has 1 aromatic heterocycles. The van der Waals surface area contributed by atoms with Crippen LogP contribution in [0.25, 0.3) is 0 Å². The van der Waals surface area contributed by atoms with Crippen LogP contribution in [0.3, 0.4) is 0 Å². The monoisotopic (exact) mass is 213 g/mol. The van der Waals surface area contributed by atoms with Gasteiger partial charge in [-0.2, -0.15) is 0 Å². The van der Waals surface area contributed by atoms with Gasteiger partial charge in [0.2, 0.25) is 0 Å². The molecule has 62 valence electrons. The van der Waals surface area contributed by atoms with Crippen molar-refractivity contribution in [1.29, 1.82) is 0 Å². The third-order valence-corrected chi connectivity index (χ3v) is 1.13. The predicted molar refractivity (Wildman–Crippen MR) is 48.9 cm³/mol. The van der Waals surface area contributed by atoms with Crippen molar-refractivity contribution in [2.24, 2.45) is 0 Å². The lowest BCUT2D eigenvalue weighted by atomic mass is 10.3. The van der Waals surface area contributed by atoms with E-state index in [9.17, 15) is 4.79 Å². The molecule has 0 radical (unpaired) electrons. The summed E-state index contributed by atoms with van der Waals surface area (Å²) in [5.41, 5.74) is 0.478. The molecule has 11 heavy (non-hydrogen) atoms. The van der Waals surface area contributed by atoms with Crippen LogP contribution in [0.4, 0.5) is 0 Å². The van der Waals surface area contributed by atoms with Crippen LogP contribution < -0.4 is 0 Å². The maximum Gasteiger partial charge on any atom is 0.252 e. The molecule has 0 aromatic carbocycles. The molecule has 0 spiro atoms. The molecule has 0 aliphatic heterocycles. The molecule has 0 unspecified atom stereocenters. The second-order valence-corrected chi connectivity index (χ2v) is 1.85. The van der Waals surface area contributed by atoms with Gasteiger partial charge in [-0.05, 0) is 23.7 Å². The topological polar surface area (TPSA) is 30.0 Å². The summed E-state index contributed by atoms with van der Waals surface area (Å²) >= 11 is 5.14. The number of rotatable bonds is 1. The minimum atomic E-state index is -0.447. The molecule has 0 saturated carbocycles. The maximum atomic E-state index is 10.4. The summed E-state index contributed by atoms with van der Waals surface area (Å²) < 4.78 is 0. The Kier molecular flexibility index (Phi) is 7.74. The first kappa shape index (κ1) is 13.3. The van der Waals surface area contributed by atoms with Crippen LogP contribution in [0.15, 0.2) is 24.5 Å². The molecule has 0 amide bonds. The van der Waals surface area contributed by atoms with Crippen molar-refractivity contribution in [3.8, 4) is 0 Å². The fraction of sp³-hybridized carbons (Fsp3) is 0. The predicted octanol–water partition coefficient (Wildman–Crippen LogP) is 2.30. The van der Waals surface area contributed by atoms with Gasteiger partial charge >= 0.3 is 0 Å². The molecular formula is C6H6Cl3NO. The van der Waals surface area contributed by atoms with E-state index in [-0.39, 0.29) is 24.8 Å². The lowest BCUT2D eigenvalue weighted by Crippen LogP contribution is -1.86. The molecule has 0 aliphatic carbocycles. The smallest absolute Gasteiger partial charge is 0.252 e. The highest BCUT2D eigenvalue weighted by Gasteiger charge is 1.96. The SMILES string of the molecule is Cl.Cl.O=C(Cl)c1ccncc1. The highest BCUT2D eigenvalue weighted by atomic mass is 35.5. The van der Waals surface area contributed by atoms with Gasteiger partial charge in [-0.3, -0.25) is 9.78 Å². The van der Waals surface area contributed by atoms with E-state index in [1.165, 1.54) is 12.4 Å². The summed E-state index contributed by atoms with van der Waals surface area (Å²) in [7, 11) is 0. The molecule has 0 fully saturated rings. The maximum absolute atomic E-state index is 10.4. The number of carbonyl (C=O) groups excluding carboxylic acids is 1. The van der Waals surface area contributed by atoms with Crippen molar-refractivity contribution >= 4 is 41.7 Å². The largest absolute Gasteiger partial charge is 0.276 e. The first-order chi connectivity index (χ1) is 4.30. The highest BCUT2D eigenvalue weighted by Crippen LogP contribution is 1.99. The Morgan fingerprint density at radius 2 is 1.73 bits per heavy atom. The van der Waals surface area contributed by atoms with Crippen LogP contribution in [0, 0.1) is 0 Å². The Labute approximate surface area is 81.8 Å². The van der Waals surface area contributed by atoms with Gasteiger partial charge in [0.25, 0.3) is 5.24 Å². The van der Waals surface area contributed by atoms with E-state index < -0.39 is 5.24 Å². The number of halogens is 3. The van der Waals surface area contributed by atoms with Gasteiger partial charge in [0.15, 0.2) is 0 Å². The molecule has 0 N–H and O–H groups in total. The van der Waals surface area contributed by atoms with E-state index in [4.69, 9.17) is 11.6 Å². The van der Waals surface area contributed by atoms with Crippen molar-refractivity contribution in [2.45, 2.75) is 0 Å². The molecule has 1 heterocycles. The second-order valence-electron chi connectivity index (χ2n) is 1.51. The molecule has 1 aromatic rings. The number of hydrogen-bond acceptors (Lipinski definition) is 2. The van der Waals surface area contributed by atoms with Gasteiger partial charge in [0, 0.05) is 18.0 Å². The van der Waals surface area contributed by atoms with Gasteiger partial charge in [0.1, 0.15) is 0 Å². The Bertz CT molecular complexity index is 214. The third kappa shape index (κ3) is 4.19. The average molecular weight is 214 g/mol. The fourth-order valence-corrected chi connectivity index (χ4v) is 0.609. The minimum absolute atomic E-state index is 0. The van der Waals surface area contributed by atoms with E-state index in [2.05, 4.69) is 4.98 Å². The van der Waals surface area contributed by atoms with Crippen LogP contribution in [0.5, 0.6) is 0 Å². The van der Waals surface area contributed by atoms with Gasteiger partial charge in [-0.1, -0.05) is 0 Å². The van der Waals surface area contributed by atoms with Crippen LogP contribution in [-0.2, 0) is 0 Å². The van der Waals surface area contributed by atoms with Gasteiger partial charge in [0.05, 0.1) is 0 Å². The minimum Gasteiger partial charge on any atom is -0.276 e. The summed E-state index contributed by atoms with van der Waals surface area (Å²) in [5, 5.41) is -0.447. The quantitative estimate of drug-likeness (QED) is 0.672. The molecule has 0 bridgehead atoms. The Balaban J connectivity index is 0. The summed E-state index contributed by atoms with van der Waals surface area (Å²) in [6.07, 6.45) is 3.05. The Hall–Kier alpha value is -0.310. The normalized spacial score (nSPS) is 7.36. The number of nitrogens with zero attached hydrogens (tertiary/aromatic N) is 1. The van der Waals surface area contributed by atoms with Crippen molar-refractivity contribution in [3.05, 3.63) is 30.1 Å². The zero-order valence-corrected chi connectivity index (χ0v) is 7.75. The van der Waals surface area contributed by atoms with Crippen molar-refractivity contribution in [3.63, 3.8) is 0 Å². The number of hydrogen-bond donors (Lipinski definition) is 0. The number of aromatic nitrogens is 1. The standard InChI is InChI=1S/C6H4ClNO.2ClH/c7-6(9)5-1-3-8-4-2-5;;/h1-4H;2*1H. The number of carbonyl (C=O) groups is 1. The molecule has 0 atom stereocenters. The van der Waals surface area contributed by atoms with Crippen LogP contribution >= 0.6 is 36.4 Å². The number of pyridine rings is 1. The van der Waals surface area contributed by atoms with Crippen LogP contribution in [-0.4, -0.2) is 10.2 Å². The molecule has 0 saturated heterocycles. The first-order valence-corrected chi connectivity index (χ1v) is 2.78. The highest BCUT2D eigenvalue weighted by molar-refractivity contribution is 6.67. The summed E-state index contributed by atoms with van der Waals surface area (Å²) in [6, 6.07) is 3.13. The van der Waals surface area contributed by atoms with Crippen molar-refractivity contribution in [1.82, 2.24) is 4.98 Å². The zero-order valence-electron chi connectivity index (χ0n) is 5.36. The Morgan fingerprint density at radius 3 is 2.00 bits per heavy atom. The Morgan fingerprint density at radius 1 is 1.27 bits per heavy atom. The van der Waals surface area contributed by atoms with E-state index in [1.54, 1.807) is 12.1 Å². The van der Waals surface area contributed by atoms with E-state index in [0.29, 0.717) is 5.56 Å². The van der Waals surface area contributed by atoms with Gasteiger partial charge < -0.3 is 0 Å². The molecule has 1 rings (SSSR count). The van der Waals surface area contributed by atoms with E-state index in [1.807, 2.05) is 0 Å². The van der Waals surface area contributed by atoms with Crippen molar-refractivity contribution in [2.75, 3.05) is 0 Å². The molecule has 0 aliphatic rings. The average Bonchev–Trinajstić information content (AvgIpc) is 1.90. The lowest BCUT2D eigenvalue weighted by molar-refractivity contribution is 0.108. The van der Waals surface area contributed by atoms with Gasteiger partial charge in [-0.25, -0.2) is 0 Å². The fourth-order valence-electron chi connectivity index (χ4n) is 0.483. The zero-order chi connectivity index (χ0) is 6.69. The van der Waals surface area contributed by atoms with E-state index >= 15 is 0 Å². The van der Waals surface area contributed by atoms with Gasteiger partial charge in [-0.15, -0.1) is 24.8 Å². The first-order valence-electron chi connectivity index (χ1n) is 2.40. The molecule has 2 nitrogen and oxygen atoms in total. The lowest BCUT2D eigenvalue weighted by Gasteiger charge is -1.86. The summed E-state index contributed by atoms with van der Waals surface area (Å²) in [4.78, 5) is 14.1.